The normalized spacial score (nSPS) is 24.2. The van der Waals surface area contributed by atoms with Crippen molar-refractivity contribution in [2.45, 2.75) is 45.1 Å². The van der Waals surface area contributed by atoms with E-state index in [1.54, 1.807) is 0 Å². The molecular formula is C17H24N4O. The van der Waals surface area contributed by atoms with Gasteiger partial charge in [0.1, 0.15) is 0 Å². The van der Waals surface area contributed by atoms with Gasteiger partial charge in [-0.3, -0.25) is 4.79 Å². The number of hydrogen-bond acceptors (Lipinski definition) is 2. The predicted molar refractivity (Wildman–Crippen MR) is 87.4 cm³/mol. The molecule has 5 heteroatoms. The van der Waals surface area contributed by atoms with Crippen molar-refractivity contribution in [2.75, 3.05) is 13.1 Å². The van der Waals surface area contributed by atoms with Gasteiger partial charge in [0, 0.05) is 24.0 Å². The van der Waals surface area contributed by atoms with Crippen LogP contribution in [0.5, 0.6) is 0 Å². The van der Waals surface area contributed by atoms with E-state index in [4.69, 9.17) is 5.53 Å². The maximum Gasteiger partial charge on any atom is 0.233 e. The van der Waals surface area contributed by atoms with Crippen molar-refractivity contribution < 1.29 is 4.79 Å². The quantitative estimate of drug-likeness (QED) is 0.427. The van der Waals surface area contributed by atoms with Crippen LogP contribution in [0.2, 0.25) is 0 Å². The molecule has 0 radical (unpaired) electrons. The molecule has 3 atom stereocenters. The van der Waals surface area contributed by atoms with E-state index >= 15 is 0 Å². The molecule has 0 spiro atoms. The van der Waals surface area contributed by atoms with E-state index in [1.165, 1.54) is 0 Å². The van der Waals surface area contributed by atoms with Crippen LogP contribution in [0.3, 0.4) is 0 Å². The summed E-state index contributed by atoms with van der Waals surface area (Å²) in [6.45, 7) is 7.42. The van der Waals surface area contributed by atoms with Crippen molar-refractivity contribution in [2.24, 2.45) is 11.0 Å². The van der Waals surface area contributed by atoms with E-state index in [9.17, 15) is 4.79 Å². The van der Waals surface area contributed by atoms with Crippen LogP contribution in [-0.2, 0) is 10.2 Å². The summed E-state index contributed by atoms with van der Waals surface area (Å²) in [7, 11) is 0. The fourth-order valence-corrected chi connectivity index (χ4v) is 3.50. The maximum atomic E-state index is 13.1. The summed E-state index contributed by atoms with van der Waals surface area (Å²) >= 11 is 0. The average molecular weight is 300 g/mol. The molecule has 0 aromatic heterocycles. The second kappa shape index (κ2) is 6.84. The Balaban J connectivity index is 2.41. The lowest BCUT2D eigenvalue weighted by Crippen LogP contribution is -2.41. The highest BCUT2D eigenvalue weighted by Crippen LogP contribution is 2.58. The zero-order chi connectivity index (χ0) is 16.2. The number of nitrogens with zero attached hydrogens (tertiary/aromatic N) is 4. The highest BCUT2D eigenvalue weighted by Gasteiger charge is 2.63. The van der Waals surface area contributed by atoms with Gasteiger partial charge in [-0.2, -0.15) is 0 Å². The zero-order valence-corrected chi connectivity index (χ0v) is 13.6. The van der Waals surface area contributed by atoms with Gasteiger partial charge in [-0.25, -0.2) is 0 Å². The van der Waals surface area contributed by atoms with E-state index in [-0.39, 0.29) is 17.9 Å². The van der Waals surface area contributed by atoms with Crippen molar-refractivity contribution in [3.63, 3.8) is 0 Å². The third-order valence-corrected chi connectivity index (χ3v) is 4.82. The molecule has 1 saturated carbocycles. The number of amides is 1. The number of likely N-dealkylation sites (N-methyl/N-ethyl adjacent to an activating group) is 1. The first-order valence-corrected chi connectivity index (χ1v) is 8.04. The predicted octanol–water partition coefficient (Wildman–Crippen LogP) is 3.90. The molecule has 1 aliphatic carbocycles. The van der Waals surface area contributed by atoms with Crippen LogP contribution in [0, 0.1) is 5.92 Å². The molecule has 1 fully saturated rings. The Morgan fingerprint density at radius 2 is 2.00 bits per heavy atom. The van der Waals surface area contributed by atoms with Crippen molar-refractivity contribution in [1.82, 2.24) is 4.90 Å². The molecule has 2 rings (SSSR count). The molecule has 118 valence electrons. The second-order valence-electron chi connectivity index (χ2n) is 5.81. The summed E-state index contributed by atoms with van der Waals surface area (Å²) in [4.78, 5) is 18.0. The van der Waals surface area contributed by atoms with Crippen LogP contribution in [-0.4, -0.2) is 29.9 Å². The summed E-state index contributed by atoms with van der Waals surface area (Å²) in [5.74, 6) is 0.268. The van der Waals surface area contributed by atoms with Crippen LogP contribution in [0.25, 0.3) is 10.4 Å². The standard InChI is InChI=1S/C17H24N4O/c1-4-15(19-20-18)14-12-17(14,13-10-8-7-9-11-13)16(22)21(5-2)6-3/h7-11,14-15H,4-6,12H2,1-3H3/t14-,15-,17+/m1/s1. The Labute approximate surface area is 131 Å². The summed E-state index contributed by atoms with van der Waals surface area (Å²) in [5.41, 5.74) is 9.32. The fraction of sp³-hybridized carbons (Fsp3) is 0.588. The fourth-order valence-electron chi connectivity index (χ4n) is 3.50. The van der Waals surface area contributed by atoms with Crippen molar-refractivity contribution >= 4 is 5.91 Å². The summed E-state index contributed by atoms with van der Waals surface area (Å²) in [5, 5.41) is 3.93. The molecule has 1 aromatic carbocycles. The molecule has 22 heavy (non-hydrogen) atoms. The average Bonchev–Trinajstić information content (AvgIpc) is 3.31. The number of rotatable bonds is 7. The van der Waals surface area contributed by atoms with Crippen LogP contribution in [0.15, 0.2) is 35.4 Å². The third-order valence-electron chi connectivity index (χ3n) is 4.82. The minimum atomic E-state index is -0.512. The zero-order valence-electron chi connectivity index (χ0n) is 13.6. The lowest BCUT2D eigenvalue weighted by molar-refractivity contribution is -0.134. The Morgan fingerprint density at radius 1 is 1.36 bits per heavy atom. The van der Waals surface area contributed by atoms with Gasteiger partial charge >= 0.3 is 0 Å². The van der Waals surface area contributed by atoms with E-state index in [2.05, 4.69) is 10.0 Å². The molecule has 1 aliphatic rings. The van der Waals surface area contributed by atoms with Crippen LogP contribution in [0.1, 0.15) is 39.2 Å². The lowest BCUT2D eigenvalue weighted by Gasteiger charge is -2.27. The monoisotopic (exact) mass is 300 g/mol. The molecular weight excluding hydrogens is 276 g/mol. The summed E-state index contributed by atoms with van der Waals surface area (Å²) in [6, 6.07) is 9.81. The minimum Gasteiger partial charge on any atom is -0.342 e. The first-order chi connectivity index (χ1) is 10.6. The van der Waals surface area contributed by atoms with E-state index in [1.807, 2.05) is 56.0 Å². The SMILES string of the molecule is CC[C@@H](N=[N+]=[N-])[C@H]1C[C@]1(C(=O)N(CC)CC)c1ccccc1. The Hall–Kier alpha value is -2.00. The summed E-state index contributed by atoms with van der Waals surface area (Å²) < 4.78 is 0. The van der Waals surface area contributed by atoms with Gasteiger partial charge in [0.25, 0.3) is 0 Å². The van der Waals surface area contributed by atoms with E-state index in [0.29, 0.717) is 13.1 Å². The van der Waals surface area contributed by atoms with Gasteiger partial charge < -0.3 is 4.90 Å². The van der Waals surface area contributed by atoms with E-state index < -0.39 is 5.41 Å². The van der Waals surface area contributed by atoms with Crippen LogP contribution in [0.4, 0.5) is 0 Å². The molecule has 1 amide bonds. The summed E-state index contributed by atoms with van der Waals surface area (Å²) in [6.07, 6.45) is 1.53. The molecule has 0 heterocycles. The Bertz CT molecular complexity index is 563. The lowest BCUT2D eigenvalue weighted by atomic mass is 9.88. The molecule has 0 aliphatic heterocycles. The maximum absolute atomic E-state index is 13.1. The van der Waals surface area contributed by atoms with Crippen molar-refractivity contribution in [3.05, 3.63) is 46.3 Å². The molecule has 1 aromatic rings. The molecule has 5 nitrogen and oxygen atoms in total. The number of azide groups is 1. The molecule has 0 bridgehead atoms. The van der Waals surface area contributed by atoms with Crippen LogP contribution < -0.4 is 0 Å². The van der Waals surface area contributed by atoms with Gasteiger partial charge in [0.05, 0.1) is 5.41 Å². The Morgan fingerprint density at radius 3 is 2.50 bits per heavy atom. The smallest absolute Gasteiger partial charge is 0.233 e. The third kappa shape index (κ3) is 2.69. The number of carbonyl (C=O) groups is 1. The minimum absolute atomic E-state index is 0.101. The van der Waals surface area contributed by atoms with Gasteiger partial charge in [-0.05, 0) is 43.7 Å². The highest BCUT2D eigenvalue weighted by molar-refractivity contribution is 5.92. The first kappa shape index (κ1) is 16.4. The molecule has 0 saturated heterocycles. The Kier molecular flexibility index (Phi) is 5.09. The molecule has 0 unspecified atom stereocenters. The number of hydrogen-bond donors (Lipinski definition) is 0. The largest absolute Gasteiger partial charge is 0.342 e. The first-order valence-electron chi connectivity index (χ1n) is 8.04. The van der Waals surface area contributed by atoms with Crippen molar-refractivity contribution in [1.29, 1.82) is 0 Å². The second-order valence-corrected chi connectivity index (χ2v) is 5.81. The highest BCUT2D eigenvalue weighted by atomic mass is 16.2. The topological polar surface area (TPSA) is 69.1 Å². The van der Waals surface area contributed by atoms with Gasteiger partial charge in [0.15, 0.2) is 0 Å². The number of carbonyl (C=O) groups excluding carboxylic acids is 1. The van der Waals surface area contributed by atoms with Crippen molar-refractivity contribution in [3.8, 4) is 0 Å². The van der Waals surface area contributed by atoms with Gasteiger partial charge in [0.2, 0.25) is 5.91 Å². The van der Waals surface area contributed by atoms with E-state index in [0.717, 1.165) is 18.4 Å². The van der Waals surface area contributed by atoms with Gasteiger partial charge in [-0.15, -0.1) is 0 Å². The van der Waals surface area contributed by atoms with Crippen LogP contribution >= 0.6 is 0 Å². The molecule has 0 N–H and O–H groups in total. The van der Waals surface area contributed by atoms with Gasteiger partial charge in [-0.1, -0.05) is 42.4 Å². The number of benzene rings is 1.